The molecule has 0 spiro atoms. The lowest BCUT2D eigenvalue weighted by atomic mass is 10.4. The Labute approximate surface area is 48.5 Å². The molecule has 0 radical (unpaired) electrons. The summed E-state index contributed by atoms with van der Waals surface area (Å²) >= 11 is 0. The van der Waals surface area contributed by atoms with Crippen molar-refractivity contribution in [1.29, 1.82) is 0 Å². The van der Waals surface area contributed by atoms with Crippen LogP contribution in [0.1, 0.15) is 13.8 Å². The molecule has 0 fully saturated rings. The van der Waals surface area contributed by atoms with Gasteiger partial charge in [-0.1, -0.05) is 0 Å². The van der Waals surface area contributed by atoms with Gasteiger partial charge in [-0.3, -0.25) is 0 Å². The van der Waals surface area contributed by atoms with Crippen molar-refractivity contribution in [3.63, 3.8) is 0 Å². The number of allylic oxidation sites excluding steroid dienone is 2. The third-order valence-corrected chi connectivity index (χ3v) is 0.875. The molecule has 0 aromatic carbocycles. The van der Waals surface area contributed by atoms with Gasteiger partial charge in [0.1, 0.15) is 0 Å². The summed E-state index contributed by atoms with van der Waals surface area (Å²) in [6.07, 6.45) is 1.83. The fourth-order valence-electron chi connectivity index (χ4n) is 0.530. The predicted molar refractivity (Wildman–Crippen MR) is 29.8 cm³/mol. The summed E-state index contributed by atoms with van der Waals surface area (Å²) in [6.45, 7) is 5.08. The van der Waals surface area contributed by atoms with Crippen molar-refractivity contribution < 1.29 is 9.16 Å². The highest BCUT2D eigenvalue weighted by Gasteiger charge is 1.98. The summed E-state index contributed by atoms with van der Waals surface area (Å²) in [5, 5.41) is 0. The lowest BCUT2D eigenvalue weighted by Gasteiger charge is -2.05. The van der Waals surface area contributed by atoms with Crippen LogP contribution in [0.4, 0.5) is 0 Å². The molecule has 0 aliphatic carbocycles. The Balaban J connectivity index is 2.69. The van der Waals surface area contributed by atoms with Crippen molar-refractivity contribution in [3.05, 3.63) is 18.6 Å². The molecule has 0 amide bonds. The SMILES string of the molecule is CC1=CC(C)=[O+][CH-]O1. The monoisotopic (exact) mass is 112 g/mol. The maximum Gasteiger partial charge on any atom is 0.332 e. The van der Waals surface area contributed by atoms with Gasteiger partial charge >= 0.3 is 6.79 Å². The van der Waals surface area contributed by atoms with Crippen molar-refractivity contribution in [2.24, 2.45) is 0 Å². The summed E-state index contributed by atoms with van der Waals surface area (Å²) < 4.78 is 9.68. The Morgan fingerprint density at radius 3 is 2.75 bits per heavy atom. The van der Waals surface area contributed by atoms with Crippen LogP contribution in [-0.4, -0.2) is 5.78 Å². The van der Waals surface area contributed by atoms with Crippen LogP contribution in [0.15, 0.2) is 11.8 Å². The van der Waals surface area contributed by atoms with Gasteiger partial charge in [0.05, 0.1) is 5.76 Å². The first-order valence-electron chi connectivity index (χ1n) is 2.46. The van der Waals surface area contributed by atoms with Gasteiger partial charge in [0.15, 0.2) is 5.78 Å². The van der Waals surface area contributed by atoms with E-state index < -0.39 is 0 Å². The van der Waals surface area contributed by atoms with Crippen molar-refractivity contribution >= 4 is 5.78 Å². The first-order valence-corrected chi connectivity index (χ1v) is 2.46. The Hall–Kier alpha value is -0.920. The zero-order valence-electron chi connectivity index (χ0n) is 4.97. The molecule has 0 N–H and O–H groups in total. The van der Waals surface area contributed by atoms with E-state index in [-0.39, 0.29) is 0 Å². The highest BCUT2D eigenvalue weighted by molar-refractivity contribution is 5.88. The van der Waals surface area contributed by atoms with E-state index >= 15 is 0 Å². The lowest BCUT2D eigenvalue weighted by molar-refractivity contribution is -0.452. The topological polar surface area (TPSA) is 20.5 Å². The van der Waals surface area contributed by atoms with Gasteiger partial charge < -0.3 is 9.16 Å². The summed E-state index contributed by atoms with van der Waals surface area (Å²) in [5.41, 5.74) is 0. The molecule has 0 aromatic rings. The van der Waals surface area contributed by atoms with Crippen molar-refractivity contribution in [1.82, 2.24) is 0 Å². The lowest BCUT2D eigenvalue weighted by Crippen LogP contribution is -2.00. The summed E-state index contributed by atoms with van der Waals surface area (Å²) in [5.74, 6) is 1.74. The zero-order chi connectivity index (χ0) is 5.98. The van der Waals surface area contributed by atoms with Gasteiger partial charge in [-0.25, -0.2) is 0 Å². The molecule has 0 saturated carbocycles. The maximum atomic E-state index is 4.84. The third-order valence-electron chi connectivity index (χ3n) is 0.875. The first-order chi connectivity index (χ1) is 3.79. The van der Waals surface area contributed by atoms with Gasteiger partial charge in [-0.2, -0.15) is 0 Å². The standard InChI is InChI=1S/C6H8O2/c1-5-3-6(2)8-4-7-5/h3-4H,1-2H3. The number of hydrogen-bond acceptors (Lipinski definition) is 1. The van der Waals surface area contributed by atoms with Gasteiger partial charge in [0.2, 0.25) is 0 Å². The van der Waals surface area contributed by atoms with Crippen molar-refractivity contribution in [2.75, 3.05) is 0 Å². The van der Waals surface area contributed by atoms with E-state index in [1.165, 1.54) is 6.79 Å². The molecule has 8 heavy (non-hydrogen) atoms. The highest BCUT2D eigenvalue weighted by Crippen LogP contribution is 2.01. The van der Waals surface area contributed by atoms with E-state index in [9.17, 15) is 0 Å². The fraction of sp³-hybridized carbons (Fsp3) is 0.333. The van der Waals surface area contributed by atoms with Crippen LogP contribution >= 0.6 is 0 Å². The molecule has 0 aromatic heterocycles. The highest BCUT2D eigenvalue weighted by atomic mass is 16.6. The minimum absolute atomic E-state index is 0.869. The van der Waals surface area contributed by atoms with Crippen LogP contribution in [0, 0.1) is 6.79 Å². The molecule has 0 unspecified atom stereocenters. The molecule has 0 saturated heterocycles. The smallest absolute Gasteiger partial charge is 0.332 e. The number of ketones is 1. The van der Waals surface area contributed by atoms with Crippen LogP contribution < -0.4 is 0 Å². The molecular weight excluding hydrogens is 104 g/mol. The average molecular weight is 112 g/mol. The minimum Gasteiger partial charge on any atom is -0.481 e. The Kier molecular flexibility index (Phi) is 1.24. The van der Waals surface area contributed by atoms with Crippen molar-refractivity contribution in [2.45, 2.75) is 13.8 Å². The molecule has 1 aliphatic rings. The van der Waals surface area contributed by atoms with Crippen LogP contribution in [0.5, 0.6) is 0 Å². The van der Waals surface area contributed by atoms with E-state index in [2.05, 4.69) is 0 Å². The molecule has 1 aliphatic heterocycles. The second kappa shape index (κ2) is 1.90. The Morgan fingerprint density at radius 2 is 2.38 bits per heavy atom. The van der Waals surface area contributed by atoms with Crippen LogP contribution in [-0.2, 0) is 9.16 Å². The third kappa shape index (κ3) is 1.03. The largest absolute Gasteiger partial charge is 0.481 e. The van der Waals surface area contributed by atoms with Crippen LogP contribution in [0.25, 0.3) is 0 Å². The van der Waals surface area contributed by atoms with E-state index in [4.69, 9.17) is 9.16 Å². The van der Waals surface area contributed by atoms with E-state index in [1.807, 2.05) is 19.9 Å². The average Bonchev–Trinajstić information content (AvgIpc) is 1.64. The summed E-state index contributed by atoms with van der Waals surface area (Å²) in [4.78, 5) is 0. The first kappa shape index (κ1) is 5.22. The maximum absolute atomic E-state index is 4.84. The molecule has 0 bridgehead atoms. The van der Waals surface area contributed by atoms with Gasteiger partial charge in [-0.15, -0.1) is 0 Å². The number of rotatable bonds is 0. The minimum atomic E-state index is 0.869. The van der Waals surface area contributed by atoms with Crippen molar-refractivity contribution in [3.8, 4) is 0 Å². The van der Waals surface area contributed by atoms with Crippen LogP contribution in [0.2, 0.25) is 0 Å². The van der Waals surface area contributed by atoms with E-state index in [1.54, 1.807) is 0 Å². The van der Waals surface area contributed by atoms with Crippen LogP contribution in [0.3, 0.4) is 0 Å². The molecule has 2 heteroatoms. The zero-order valence-corrected chi connectivity index (χ0v) is 4.97. The van der Waals surface area contributed by atoms with E-state index in [0.717, 1.165) is 11.5 Å². The predicted octanol–water partition coefficient (Wildman–Crippen LogP) is 1.16. The fourth-order valence-corrected chi connectivity index (χ4v) is 0.530. The molecule has 44 valence electrons. The second-order valence-electron chi connectivity index (χ2n) is 1.70. The Morgan fingerprint density at radius 1 is 1.62 bits per heavy atom. The molecular formula is C6H8O2. The quantitative estimate of drug-likeness (QED) is 0.340. The Bertz CT molecular complexity index is 145. The van der Waals surface area contributed by atoms with Gasteiger partial charge in [-0.05, 0) is 19.9 Å². The molecule has 1 heterocycles. The molecule has 1 rings (SSSR count). The normalized spacial score (nSPS) is 17.8. The van der Waals surface area contributed by atoms with E-state index in [0.29, 0.717) is 0 Å². The number of ether oxygens (including phenoxy) is 1. The molecule has 2 nitrogen and oxygen atoms in total. The number of hydrogen-bond donors (Lipinski definition) is 0. The summed E-state index contributed by atoms with van der Waals surface area (Å²) in [7, 11) is 0. The molecule has 0 atom stereocenters. The summed E-state index contributed by atoms with van der Waals surface area (Å²) in [6, 6.07) is 0. The number of carbonyl (C=O) groups excluding carboxylic acids is 1. The second-order valence-corrected chi connectivity index (χ2v) is 1.70. The van der Waals surface area contributed by atoms with Gasteiger partial charge in [0.25, 0.3) is 0 Å². The van der Waals surface area contributed by atoms with Gasteiger partial charge in [0, 0.05) is 0 Å².